The molecule has 3 rings (SSSR count). The number of aromatic nitrogens is 3. The molecular weight excluding hydrogens is 410 g/mol. The molecule has 1 atom stereocenters. The number of halogens is 1. The highest BCUT2D eigenvalue weighted by atomic mass is 79.9. The van der Waals surface area contributed by atoms with Gasteiger partial charge in [0.25, 0.3) is 0 Å². The van der Waals surface area contributed by atoms with Crippen molar-refractivity contribution in [1.82, 2.24) is 14.8 Å². The van der Waals surface area contributed by atoms with Crippen LogP contribution in [0.4, 0.5) is 0 Å². The fourth-order valence-corrected chi connectivity index (χ4v) is 3.73. The van der Waals surface area contributed by atoms with E-state index >= 15 is 0 Å². The average Bonchev–Trinajstić information content (AvgIpc) is 3.05. The van der Waals surface area contributed by atoms with Crippen LogP contribution in [-0.2, 0) is 6.54 Å². The van der Waals surface area contributed by atoms with Crippen molar-refractivity contribution in [1.29, 1.82) is 0 Å². The number of hydrogen-bond acceptors (Lipinski definition) is 4. The molecule has 0 bridgehead atoms. The van der Waals surface area contributed by atoms with E-state index in [1.165, 1.54) is 11.8 Å². The predicted octanol–water partition coefficient (Wildman–Crippen LogP) is 5.26. The zero-order chi connectivity index (χ0) is 18.5. The Kier molecular flexibility index (Phi) is 6.06. The third kappa shape index (κ3) is 4.14. The first-order valence-corrected chi connectivity index (χ1v) is 9.83. The molecule has 1 aromatic heterocycles. The van der Waals surface area contributed by atoms with Crippen LogP contribution in [0.2, 0.25) is 0 Å². The number of carbonyl (C=O) groups is 1. The SMILES string of the molecule is C=CCn1c(SC(C)C(=O)c2ccc(Br)cc2)nnc1-c1ccccc1. The van der Waals surface area contributed by atoms with Gasteiger partial charge in [0.1, 0.15) is 0 Å². The lowest BCUT2D eigenvalue weighted by atomic mass is 10.1. The van der Waals surface area contributed by atoms with Gasteiger partial charge in [-0.1, -0.05) is 76.2 Å². The summed E-state index contributed by atoms with van der Waals surface area (Å²) in [6, 6.07) is 17.3. The third-order valence-electron chi connectivity index (χ3n) is 3.84. The van der Waals surface area contributed by atoms with Gasteiger partial charge in [-0.15, -0.1) is 16.8 Å². The Bertz CT molecular complexity index is 907. The molecule has 3 aromatic rings. The van der Waals surface area contributed by atoms with Crippen LogP contribution in [-0.4, -0.2) is 25.8 Å². The number of benzene rings is 2. The van der Waals surface area contributed by atoms with Crippen molar-refractivity contribution < 1.29 is 4.79 Å². The molecule has 0 aliphatic heterocycles. The summed E-state index contributed by atoms with van der Waals surface area (Å²) in [4.78, 5) is 12.7. The van der Waals surface area contributed by atoms with Gasteiger partial charge in [-0.05, 0) is 19.1 Å². The maximum absolute atomic E-state index is 12.7. The van der Waals surface area contributed by atoms with Crippen LogP contribution in [0.15, 0.2) is 76.9 Å². The summed E-state index contributed by atoms with van der Waals surface area (Å²) in [6.07, 6.45) is 1.81. The number of rotatable bonds is 7. The van der Waals surface area contributed by atoms with E-state index < -0.39 is 0 Å². The summed E-state index contributed by atoms with van der Waals surface area (Å²) in [5.41, 5.74) is 1.67. The molecule has 6 heteroatoms. The fourth-order valence-electron chi connectivity index (χ4n) is 2.53. The zero-order valence-electron chi connectivity index (χ0n) is 14.3. The van der Waals surface area contributed by atoms with Gasteiger partial charge in [-0.25, -0.2) is 0 Å². The van der Waals surface area contributed by atoms with Crippen molar-refractivity contribution in [2.45, 2.75) is 23.9 Å². The molecule has 4 nitrogen and oxygen atoms in total. The number of Topliss-reactive ketones (excluding diaryl/α,β-unsaturated/α-hetero) is 1. The molecule has 0 saturated heterocycles. The third-order valence-corrected chi connectivity index (χ3v) is 5.45. The van der Waals surface area contributed by atoms with Gasteiger partial charge in [-0.3, -0.25) is 9.36 Å². The summed E-state index contributed by atoms with van der Waals surface area (Å²) in [6.45, 7) is 6.30. The van der Waals surface area contributed by atoms with Gasteiger partial charge in [-0.2, -0.15) is 0 Å². The summed E-state index contributed by atoms with van der Waals surface area (Å²) < 4.78 is 2.94. The Balaban J connectivity index is 1.85. The van der Waals surface area contributed by atoms with Gasteiger partial charge < -0.3 is 0 Å². The van der Waals surface area contributed by atoms with E-state index in [4.69, 9.17) is 0 Å². The second-order valence-electron chi connectivity index (χ2n) is 5.70. The van der Waals surface area contributed by atoms with Gasteiger partial charge in [0.05, 0.1) is 5.25 Å². The van der Waals surface area contributed by atoms with Crippen LogP contribution in [0.3, 0.4) is 0 Å². The minimum Gasteiger partial charge on any atom is -0.298 e. The largest absolute Gasteiger partial charge is 0.298 e. The lowest BCUT2D eigenvalue weighted by molar-refractivity contribution is 0.0994. The second-order valence-corrected chi connectivity index (χ2v) is 7.93. The van der Waals surface area contributed by atoms with E-state index in [9.17, 15) is 4.79 Å². The second kappa shape index (κ2) is 8.47. The van der Waals surface area contributed by atoms with E-state index in [0.717, 1.165) is 15.9 Å². The highest BCUT2D eigenvalue weighted by Gasteiger charge is 2.21. The predicted molar refractivity (Wildman–Crippen MR) is 109 cm³/mol. The Morgan fingerprint density at radius 3 is 2.54 bits per heavy atom. The van der Waals surface area contributed by atoms with Gasteiger partial charge in [0.15, 0.2) is 16.8 Å². The van der Waals surface area contributed by atoms with Crippen LogP contribution in [0.5, 0.6) is 0 Å². The molecule has 26 heavy (non-hydrogen) atoms. The molecule has 2 aromatic carbocycles. The topological polar surface area (TPSA) is 47.8 Å². The van der Waals surface area contributed by atoms with Crippen molar-refractivity contribution in [2.24, 2.45) is 0 Å². The molecule has 132 valence electrons. The summed E-state index contributed by atoms with van der Waals surface area (Å²) in [5.74, 6) is 0.841. The Morgan fingerprint density at radius 1 is 1.19 bits per heavy atom. The Morgan fingerprint density at radius 2 is 1.88 bits per heavy atom. The normalized spacial score (nSPS) is 11.9. The number of allylic oxidation sites excluding steroid dienone is 1. The van der Waals surface area contributed by atoms with E-state index in [0.29, 0.717) is 17.3 Å². The van der Waals surface area contributed by atoms with Crippen LogP contribution < -0.4 is 0 Å². The number of ketones is 1. The molecule has 0 spiro atoms. The van der Waals surface area contributed by atoms with Crippen molar-refractivity contribution in [3.05, 3.63) is 77.3 Å². The van der Waals surface area contributed by atoms with Crippen molar-refractivity contribution in [2.75, 3.05) is 0 Å². The van der Waals surface area contributed by atoms with E-state index in [1.54, 1.807) is 6.08 Å². The molecular formula is C20H18BrN3OS. The molecule has 1 heterocycles. The first-order chi connectivity index (χ1) is 12.6. The van der Waals surface area contributed by atoms with Crippen LogP contribution in [0, 0.1) is 0 Å². The van der Waals surface area contributed by atoms with Gasteiger partial charge >= 0.3 is 0 Å². The molecule has 0 radical (unpaired) electrons. The monoisotopic (exact) mass is 427 g/mol. The minimum absolute atomic E-state index is 0.0666. The molecule has 0 saturated carbocycles. The van der Waals surface area contributed by atoms with E-state index in [-0.39, 0.29) is 11.0 Å². The zero-order valence-corrected chi connectivity index (χ0v) is 16.7. The standard InChI is InChI=1S/C20H18BrN3OS/c1-3-13-24-19(16-7-5-4-6-8-16)22-23-20(24)26-14(2)18(25)15-9-11-17(21)12-10-15/h3-12,14H,1,13H2,2H3. The van der Waals surface area contributed by atoms with E-state index in [2.05, 4.69) is 32.7 Å². The summed E-state index contributed by atoms with van der Waals surface area (Å²) in [7, 11) is 0. The lowest BCUT2D eigenvalue weighted by Crippen LogP contribution is -2.14. The van der Waals surface area contributed by atoms with Crippen molar-refractivity contribution in [3.63, 3.8) is 0 Å². The van der Waals surface area contributed by atoms with Crippen LogP contribution in [0.1, 0.15) is 17.3 Å². The van der Waals surface area contributed by atoms with Gasteiger partial charge in [0.2, 0.25) is 0 Å². The van der Waals surface area contributed by atoms with Crippen molar-refractivity contribution in [3.8, 4) is 11.4 Å². The summed E-state index contributed by atoms with van der Waals surface area (Å²) >= 11 is 4.80. The first kappa shape index (κ1) is 18.6. The molecule has 0 aliphatic rings. The highest BCUT2D eigenvalue weighted by molar-refractivity contribution is 9.10. The van der Waals surface area contributed by atoms with E-state index in [1.807, 2.05) is 66.1 Å². The lowest BCUT2D eigenvalue weighted by Gasteiger charge is -2.12. The number of thioether (sulfide) groups is 1. The molecule has 0 fully saturated rings. The smallest absolute Gasteiger partial charge is 0.192 e. The van der Waals surface area contributed by atoms with Crippen LogP contribution >= 0.6 is 27.7 Å². The Hall–Kier alpha value is -2.18. The fraction of sp³-hybridized carbons (Fsp3) is 0.150. The van der Waals surface area contributed by atoms with Crippen molar-refractivity contribution >= 4 is 33.5 Å². The highest BCUT2D eigenvalue weighted by Crippen LogP contribution is 2.28. The number of carbonyl (C=O) groups excluding carboxylic acids is 1. The molecule has 0 N–H and O–H groups in total. The van der Waals surface area contributed by atoms with Crippen LogP contribution in [0.25, 0.3) is 11.4 Å². The minimum atomic E-state index is -0.271. The molecule has 1 unspecified atom stereocenters. The molecule has 0 aliphatic carbocycles. The number of hydrogen-bond donors (Lipinski definition) is 0. The maximum Gasteiger partial charge on any atom is 0.192 e. The molecule has 0 amide bonds. The average molecular weight is 428 g/mol. The summed E-state index contributed by atoms with van der Waals surface area (Å²) in [5, 5.41) is 9.08. The maximum atomic E-state index is 12.7. The van der Waals surface area contributed by atoms with Gasteiger partial charge in [0, 0.05) is 22.1 Å². The Labute approximate surface area is 165 Å². The quantitative estimate of drug-likeness (QED) is 0.293. The number of nitrogens with zero attached hydrogens (tertiary/aromatic N) is 3. The first-order valence-electron chi connectivity index (χ1n) is 8.16.